The number of carboxylic acid groups (broad SMARTS) is 2. The Morgan fingerprint density at radius 3 is 2.22 bits per heavy atom. The first-order valence-corrected chi connectivity index (χ1v) is 6.36. The third kappa shape index (κ3) is 2.32. The van der Waals surface area contributed by atoms with Crippen LogP contribution in [0.3, 0.4) is 0 Å². The van der Waals surface area contributed by atoms with Crippen LogP contribution in [0.15, 0.2) is 0 Å². The molecule has 1 saturated heterocycles. The Hall–Kier alpha value is -1.23. The van der Waals surface area contributed by atoms with Gasteiger partial charge in [0.25, 0.3) is 10.2 Å². The van der Waals surface area contributed by atoms with Gasteiger partial charge in [0.1, 0.15) is 11.6 Å². The van der Waals surface area contributed by atoms with Crippen LogP contribution in [-0.4, -0.2) is 71.4 Å². The van der Waals surface area contributed by atoms with Gasteiger partial charge in [-0.1, -0.05) is 0 Å². The van der Waals surface area contributed by atoms with Crippen LogP contribution >= 0.6 is 0 Å². The van der Waals surface area contributed by atoms with Crippen molar-refractivity contribution in [3.63, 3.8) is 0 Å². The minimum atomic E-state index is -4.03. The zero-order valence-electron chi connectivity index (χ0n) is 9.90. The average molecular weight is 281 g/mol. The van der Waals surface area contributed by atoms with Gasteiger partial charge in [-0.25, -0.2) is 0 Å². The van der Waals surface area contributed by atoms with Gasteiger partial charge in [0, 0.05) is 27.1 Å². The Kier molecular flexibility index (Phi) is 3.68. The fourth-order valence-electron chi connectivity index (χ4n) is 1.72. The van der Waals surface area contributed by atoms with Crippen LogP contribution in [0.2, 0.25) is 0 Å². The highest BCUT2D eigenvalue weighted by Gasteiger charge is 2.54. The summed E-state index contributed by atoms with van der Waals surface area (Å²) in [6, 6.07) is -1.47. The van der Waals surface area contributed by atoms with E-state index in [0.717, 1.165) is 4.31 Å². The maximum absolute atomic E-state index is 11.9. The van der Waals surface area contributed by atoms with Crippen LogP contribution in [0.5, 0.6) is 0 Å². The summed E-state index contributed by atoms with van der Waals surface area (Å²) < 4.78 is 25.2. The summed E-state index contributed by atoms with van der Waals surface area (Å²) in [5.41, 5.74) is 3.65. The molecule has 1 rings (SSSR count). The second-order valence-corrected chi connectivity index (χ2v) is 6.45. The molecule has 1 aliphatic rings. The lowest BCUT2D eigenvalue weighted by atomic mass is 9.98. The van der Waals surface area contributed by atoms with Crippen molar-refractivity contribution in [1.82, 2.24) is 8.61 Å². The van der Waals surface area contributed by atoms with Crippen LogP contribution in [-0.2, 0) is 19.8 Å². The largest absolute Gasteiger partial charge is 0.480 e. The summed E-state index contributed by atoms with van der Waals surface area (Å²) in [6.07, 6.45) is -0.468. The molecule has 10 heteroatoms. The molecule has 0 spiro atoms. The van der Waals surface area contributed by atoms with E-state index in [0.29, 0.717) is 4.31 Å². The van der Waals surface area contributed by atoms with E-state index in [1.54, 1.807) is 0 Å². The summed E-state index contributed by atoms with van der Waals surface area (Å²) >= 11 is 0. The molecule has 0 amide bonds. The third-order valence-electron chi connectivity index (χ3n) is 2.81. The molecule has 0 bridgehead atoms. The van der Waals surface area contributed by atoms with Crippen molar-refractivity contribution in [2.45, 2.75) is 18.0 Å². The maximum atomic E-state index is 11.9. The standard InChI is InChI=1S/C8H15N3O6S/c1-10(2)18(16,17)11-4-8(9,7(14)15)3-5(11)6(12)13/h5H,3-4,9H2,1-2H3,(H,12,13)(H,14,15)/t5-,8-/m1/s1. The zero-order valence-corrected chi connectivity index (χ0v) is 10.7. The maximum Gasteiger partial charge on any atom is 0.325 e. The van der Waals surface area contributed by atoms with Crippen LogP contribution in [0, 0.1) is 0 Å². The lowest BCUT2D eigenvalue weighted by Gasteiger charge is -2.24. The molecular weight excluding hydrogens is 266 g/mol. The molecule has 9 nitrogen and oxygen atoms in total. The van der Waals surface area contributed by atoms with Crippen molar-refractivity contribution in [2.24, 2.45) is 5.73 Å². The van der Waals surface area contributed by atoms with Crippen molar-refractivity contribution >= 4 is 22.1 Å². The molecule has 0 aromatic carbocycles. The van der Waals surface area contributed by atoms with E-state index < -0.39 is 46.7 Å². The normalized spacial score (nSPS) is 29.7. The van der Waals surface area contributed by atoms with Crippen LogP contribution < -0.4 is 5.73 Å². The number of nitrogens with zero attached hydrogens (tertiary/aromatic N) is 2. The first-order chi connectivity index (χ1) is 8.02. The Bertz CT molecular complexity index is 475. The zero-order chi connectivity index (χ0) is 14.3. The summed E-state index contributed by atoms with van der Waals surface area (Å²) in [5.74, 6) is -2.85. The molecule has 1 fully saturated rings. The molecule has 104 valence electrons. The van der Waals surface area contributed by atoms with Gasteiger partial charge in [0.2, 0.25) is 0 Å². The first-order valence-electron chi connectivity index (χ1n) is 4.97. The fraction of sp³-hybridized carbons (Fsp3) is 0.750. The summed E-state index contributed by atoms with van der Waals surface area (Å²) in [6.45, 7) is -0.570. The molecule has 0 aromatic rings. The topological polar surface area (TPSA) is 141 Å². The van der Waals surface area contributed by atoms with E-state index >= 15 is 0 Å². The van der Waals surface area contributed by atoms with Gasteiger partial charge in [-0.2, -0.15) is 17.0 Å². The second-order valence-electron chi connectivity index (χ2n) is 4.35. The minimum absolute atomic E-state index is 0.468. The molecule has 4 N–H and O–H groups in total. The number of hydrogen-bond donors (Lipinski definition) is 3. The van der Waals surface area contributed by atoms with E-state index in [-0.39, 0.29) is 0 Å². The van der Waals surface area contributed by atoms with Gasteiger partial charge >= 0.3 is 11.9 Å². The van der Waals surface area contributed by atoms with Crippen LogP contribution in [0.4, 0.5) is 0 Å². The summed E-state index contributed by atoms with van der Waals surface area (Å²) in [4.78, 5) is 22.0. The highest BCUT2D eigenvalue weighted by Crippen LogP contribution is 2.29. The Morgan fingerprint density at radius 1 is 1.39 bits per heavy atom. The van der Waals surface area contributed by atoms with Gasteiger partial charge in [-0.3, -0.25) is 9.59 Å². The SMILES string of the molecule is CN(C)S(=O)(=O)N1C[C@@](N)(C(=O)O)C[C@@H]1C(=O)O. The number of carboxylic acids is 2. The van der Waals surface area contributed by atoms with Crippen LogP contribution in [0.25, 0.3) is 0 Å². The van der Waals surface area contributed by atoms with E-state index in [2.05, 4.69) is 0 Å². The van der Waals surface area contributed by atoms with Crippen molar-refractivity contribution < 1.29 is 28.2 Å². The molecule has 0 aromatic heterocycles. The monoisotopic (exact) mass is 281 g/mol. The number of aliphatic carboxylic acids is 2. The molecule has 1 aliphatic heterocycles. The Morgan fingerprint density at radius 2 is 1.89 bits per heavy atom. The molecule has 0 aliphatic carbocycles. The van der Waals surface area contributed by atoms with Gasteiger partial charge in [0.15, 0.2) is 0 Å². The van der Waals surface area contributed by atoms with Gasteiger partial charge < -0.3 is 15.9 Å². The van der Waals surface area contributed by atoms with Gasteiger partial charge in [0.05, 0.1) is 0 Å². The predicted molar refractivity (Wildman–Crippen MR) is 59.9 cm³/mol. The molecule has 0 saturated carbocycles. The van der Waals surface area contributed by atoms with E-state index in [9.17, 15) is 18.0 Å². The first kappa shape index (κ1) is 14.8. The minimum Gasteiger partial charge on any atom is -0.480 e. The van der Waals surface area contributed by atoms with Gasteiger partial charge in [-0.15, -0.1) is 0 Å². The Balaban J connectivity index is 3.19. The lowest BCUT2D eigenvalue weighted by Crippen LogP contribution is -2.51. The molecular formula is C8H15N3O6S. The lowest BCUT2D eigenvalue weighted by molar-refractivity contribution is -0.142. The van der Waals surface area contributed by atoms with Crippen molar-refractivity contribution in [3.05, 3.63) is 0 Å². The smallest absolute Gasteiger partial charge is 0.325 e. The van der Waals surface area contributed by atoms with Crippen molar-refractivity contribution in [1.29, 1.82) is 0 Å². The summed E-state index contributed by atoms with van der Waals surface area (Å²) in [7, 11) is -1.58. The number of carbonyl (C=O) groups is 2. The third-order valence-corrected chi connectivity index (χ3v) is 4.71. The molecule has 2 atom stereocenters. The summed E-state index contributed by atoms with van der Waals surface area (Å²) in [5, 5.41) is 17.9. The molecule has 0 radical (unpaired) electrons. The quantitative estimate of drug-likeness (QED) is 0.527. The highest BCUT2D eigenvalue weighted by atomic mass is 32.2. The van der Waals surface area contributed by atoms with Crippen LogP contribution in [0.1, 0.15) is 6.42 Å². The van der Waals surface area contributed by atoms with E-state index in [1.807, 2.05) is 0 Å². The van der Waals surface area contributed by atoms with Crippen molar-refractivity contribution in [3.8, 4) is 0 Å². The van der Waals surface area contributed by atoms with Crippen molar-refractivity contribution in [2.75, 3.05) is 20.6 Å². The second kappa shape index (κ2) is 4.46. The predicted octanol–water partition coefficient (Wildman–Crippen LogP) is -2.27. The number of rotatable bonds is 4. The highest BCUT2D eigenvalue weighted by molar-refractivity contribution is 7.86. The number of hydrogen-bond acceptors (Lipinski definition) is 5. The molecule has 1 heterocycles. The van der Waals surface area contributed by atoms with E-state index in [1.165, 1.54) is 14.1 Å². The molecule has 0 unspecified atom stereocenters. The average Bonchev–Trinajstić information content (AvgIpc) is 2.58. The van der Waals surface area contributed by atoms with E-state index in [4.69, 9.17) is 15.9 Å². The molecule has 18 heavy (non-hydrogen) atoms. The van der Waals surface area contributed by atoms with Gasteiger partial charge in [-0.05, 0) is 0 Å². The fourth-order valence-corrected chi connectivity index (χ4v) is 3.02. The number of nitrogens with two attached hydrogens (primary N) is 1. The Labute approximate surface area is 104 Å².